The molecule has 0 aliphatic carbocycles. The first-order valence-electron chi connectivity index (χ1n) is 6.28. The standard InChI is InChI=1S/C13H17N5O/c1-8(14)12-6-15-11-3-9(4-16-13(11)19-12)10-5-17-18(2)7-10/h3-5,7-8,12,15H,6,14H2,1-2H3/t8-,12+/m1/s1. The number of rotatable bonds is 2. The summed E-state index contributed by atoms with van der Waals surface area (Å²) in [5.74, 6) is 0.612. The fourth-order valence-corrected chi connectivity index (χ4v) is 2.09. The van der Waals surface area contributed by atoms with Crippen molar-refractivity contribution in [3.63, 3.8) is 0 Å². The lowest BCUT2D eigenvalue weighted by Gasteiger charge is -2.28. The van der Waals surface area contributed by atoms with E-state index < -0.39 is 0 Å². The van der Waals surface area contributed by atoms with Gasteiger partial charge in [-0.25, -0.2) is 4.98 Å². The molecule has 0 spiro atoms. The molecule has 3 heterocycles. The van der Waals surface area contributed by atoms with E-state index in [1.54, 1.807) is 10.9 Å². The van der Waals surface area contributed by atoms with Gasteiger partial charge in [-0.3, -0.25) is 4.68 Å². The number of pyridine rings is 1. The molecule has 2 atom stereocenters. The van der Waals surface area contributed by atoms with Crippen molar-refractivity contribution in [3.05, 3.63) is 24.7 Å². The van der Waals surface area contributed by atoms with Gasteiger partial charge in [0.25, 0.3) is 0 Å². The van der Waals surface area contributed by atoms with E-state index in [2.05, 4.69) is 15.4 Å². The number of ether oxygens (including phenoxy) is 1. The summed E-state index contributed by atoms with van der Waals surface area (Å²) in [5.41, 5.74) is 8.80. The predicted molar refractivity (Wildman–Crippen MR) is 73.0 cm³/mol. The lowest BCUT2D eigenvalue weighted by molar-refractivity contribution is 0.174. The van der Waals surface area contributed by atoms with Gasteiger partial charge in [0.05, 0.1) is 18.4 Å². The monoisotopic (exact) mass is 259 g/mol. The van der Waals surface area contributed by atoms with E-state index in [9.17, 15) is 0 Å². The van der Waals surface area contributed by atoms with E-state index in [1.165, 1.54) is 0 Å². The number of anilines is 1. The first-order chi connectivity index (χ1) is 9.13. The van der Waals surface area contributed by atoms with Crippen molar-refractivity contribution in [2.75, 3.05) is 11.9 Å². The van der Waals surface area contributed by atoms with Crippen LogP contribution in [0, 0.1) is 0 Å². The van der Waals surface area contributed by atoms with Crippen LogP contribution in [0.2, 0.25) is 0 Å². The van der Waals surface area contributed by atoms with E-state index in [1.807, 2.05) is 32.4 Å². The first-order valence-corrected chi connectivity index (χ1v) is 6.28. The Kier molecular flexibility index (Phi) is 2.87. The number of nitrogens with zero attached hydrogens (tertiary/aromatic N) is 3. The molecule has 0 saturated carbocycles. The quantitative estimate of drug-likeness (QED) is 0.841. The Morgan fingerprint density at radius 2 is 2.32 bits per heavy atom. The Morgan fingerprint density at radius 1 is 1.47 bits per heavy atom. The van der Waals surface area contributed by atoms with Gasteiger partial charge >= 0.3 is 0 Å². The number of nitrogens with one attached hydrogen (secondary N) is 1. The van der Waals surface area contributed by atoms with Crippen LogP contribution in [0.4, 0.5) is 5.69 Å². The van der Waals surface area contributed by atoms with Gasteiger partial charge in [-0.1, -0.05) is 0 Å². The molecule has 2 aromatic heterocycles. The third kappa shape index (κ3) is 2.26. The van der Waals surface area contributed by atoms with Crippen LogP contribution in [-0.2, 0) is 7.05 Å². The zero-order chi connectivity index (χ0) is 13.4. The Hall–Kier alpha value is -2.08. The molecule has 100 valence electrons. The number of fused-ring (bicyclic) bond motifs is 1. The molecule has 19 heavy (non-hydrogen) atoms. The molecule has 6 nitrogen and oxygen atoms in total. The molecule has 0 saturated heterocycles. The van der Waals surface area contributed by atoms with Crippen molar-refractivity contribution in [2.24, 2.45) is 12.8 Å². The first kappa shape index (κ1) is 12.0. The lowest BCUT2D eigenvalue weighted by atomic mass is 10.1. The molecule has 3 N–H and O–H groups in total. The predicted octanol–water partition coefficient (Wildman–Crippen LogP) is 1.00. The molecular weight excluding hydrogens is 242 g/mol. The van der Waals surface area contributed by atoms with E-state index in [0.717, 1.165) is 16.8 Å². The molecule has 0 amide bonds. The van der Waals surface area contributed by atoms with Gasteiger partial charge in [-0.2, -0.15) is 5.10 Å². The van der Waals surface area contributed by atoms with Gasteiger partial charge in [0.2, 0.25) is 5.88 Å². The van der Waals surface area contributed by atoms with Crippen LogP contribution >= 0.6 is 0 Å². The number of aromatic nitrogens is 3. The van der Waals surface area contributed by atoms with Crippen molar-refractivity contribution in [3.8, 4) is 17.0 Å². The van der Waals surface area contributed by atoms with Crippen molar-refractivity contribution in [2.45, 2.75) is 19.1 Å². The molecule has 0 unspecified atom stereocenters. The molecule has 0 radical (unpaired) electrons. The van der Waals surface area contributed by atoms with Crippen molar-refractivity contribution in [1.29, 1.82) is 0 Å². The maximum Gasteiger partial charge on any atom is 0.237 e. The van der Waals surface area contributed by atoms with Crippen molar-refractivity contribution < 1.29 is 4.74 Å². The van der Waals surface area contributed by atoms with Crippen LogP contribution in [0.1, 0.15) is 6.92 Å². The lowest BCUT2D eigenvalue weighted by Crippen LogP contribution is -2.44. The van der Waals surface area contributed by atoms with Crippen LogP contribution in [-0.4, -0.2) is 33.5 Å². The van der Waals surface area contributed by atoms with Gasteiger partial charge in [-0.15, -0.1) is 0 Å². The minimum absolute atomic E-state index is 0.0274. The number of aryl methyl sites for hydroxylation is 1. The molecule has 1 aliphatic heterocycles. The number of nitrogens with two attached hydrogens (primary N) is 1. The highest BCUT2D eigenvalue weighted by atomic mass is 16.5. The third-order valence-electron chi connectivity index (χ3n) is 3.23. The molecule has 0 bridgehead atoms. The second-order valence-electron chi connectivity index (χ2n) is 4.88. The zero-order valence-electron chi connectivity index (χ0n) is 11.0. The highest BCUT2D eigenvalue weighted by Crippen LogP contribution is 2.31. The molecule has 3 rings (SSSR count). The van der Waals surface area contributed by atoms with E-state index >= 15 is 0 Å². The Labute approximate surface area is 111 Å². The maximum absolute atomic E-state index is 5.84. The Bertz CT molecular complexity index is 592. The summed E-state index contributed by atoms with van der Waals surface area (Å²) in [7, 11) is 1.89. The van der Waals surface area contributed by atoms with Gasteiger partial charge in [-0.05, 0) is 13.0 Å². The van der Waals surface area contributed by atoms with Gasteiger partial charge in [0.15, 0.2) is 0 Å². The van der Waals surface area contributed by atoms with E-state index in [-0.39, 0.29) is 12.1 Å². The largest absolute Gasteiger partial charge is 0.469 e. The van der Waals surface area contributed by atoms with Gasteiger partial charge < -0.3 is 15.8 Å². The van der Waals surface area contributed by atoms with Gasteiger partial charge in [0.1, 0.15) is 6.10 Å². The summed E-state index contributed by atoms with van der Waals surface area (Å²) >= 11 is 0. The van der Waals surface area contributed by atoms with Crippen LogP contribution < -0.4 is 15.8 Å². The van der Waals surface area contributed by atoms with Crippen molar-refractivity contribution >= 4 is 5.69 Å². The number of hydrogen-bond acceptors (Lipinski definition) is 5. The SMILES string of the molecule is C[C@@H](N)[C@@H]1CNc2cc(-c3cnn(C)c3)cnc2O1. The van der Waals surface area contributed by atoms with Crippen LogP contribution in [0.3, 0.4) is 0 Å². The molecule has 2 aromatic rings. The van der Waals surface area contributed by atoms with Crippen LogP contribution in [0.15, 0.2) is 24.7 Å². The minimum atomic E-state index is -0.0377. The molecule has 0 aromatic carbocycles. The maximum atomic E-state index is 5.84. The van der Waals surface area contributed by atoms with E-state index in [4.69, 9.17) is 10.5 Å². The summed E-state index contributed by atoms with van der Waals surface area (Å²) in [6, 6.07) is 2.00. The second-order valence-corrected chi connectivity index (χ2v) is 4.88. The Balaban J connectivity index is 1.89. The molecule has 0 fully saturated rings. The van der Waals surface area contributed by atoms with Crippen LogP contribution in [0.5, 0.6) is 5.88 Å². The average molecular weight is 259 g/mol. The fraction of sp³-hybridized carbons (Fsp3) is 0.385. The normalized spacial score (nSPS) is 19.2. The average Bonchev–Trinajstić information content (AvgIpc) is 2.84. The summed E-state index contributed by atoms with van der Waals surface area (Å²) in [4.78, 5) is 4.36. The smallest absolute Gasteiger partial charge is 0.237 e. The van der Waals surface area contributed by atoms with Crippen molar-refractivity contribution in [1.82, 2.24) is 14.8 Å². The summed E-state index contributed by atoms with van der Waals surface area (Å²) < 4.78 is 7.54. The second kappa shape index (κ2) is 4.55. The Morgan fingerprint density at radius 3 is 3.00 bits per heavy atom. The molecule has 6 heteroatoms. The van der Waals surface area contributed by atoms with Crippen LogP contribution in [0.25, 0.3) is 11.1 Å². The van der Waals surface area contributed by atoms with Gasteiger partial charge in [0, 0.05) is 36.6 Å². The third-order valence-corrected chi connectivity index (χ3v) is 3.23. The summed E-state index contributed by atoms with van der Waals surface area (Å²) in [6.07, 6.45) is 5.53. The highest BCUT2D eigenvalue weighted by Gasteiger charge is 2.23. The minimum Gasteiger partial charge on any atom is -0.469 e. The fourth-order valence-electron chi connectivity index (χ4n) is 2.09. The van der Waals surface area contributed by atoms with E-state index in [0.29, 0.717) is 12.4 Å². The highest BCUT2D eigenvalue weighted by molar-refractivity contribution is 5.69. The summed E-state index contributed by atoms with van der Waals surface area (Å²) in [6.45, 7) is 2.63. The number of hydrogen-bond donors (Lipinski definition) is 2. The molecule has 1 aliphatic rings. The summed E-state index contributed by atoms with van der Waals surface area (Å²) in [5, 5.41) is 7.48. The zero-order valence-corrected chi connectivity index (χ0v) is 11.0. The molecular formula is C13H17N5O. The topological polar surface area (TPSA) is 78.0 Å².